The lowest BCUT2D eigenvalue weighted by Gasteiger charge is -2.14. The second-order valence-electron chi connectivity index (χ2n) is 3.98. The Morgan fingerprint density at radius 1 is 1.00 bits per heavy atom. The first-order chi connectivity index (χ1) is 9.06. The summed E-state index contributed by atoms with van der Waals surface area (Å²) in [6.45, 7) is -2.85. The summed E-state index contributed by atoms with van der Waals surface area (Å²) >= 11 is 5.90. The number of nitrogens with two attached hydrogens (primary N) is 1. The van der Waals surface area contributed by atoms with E-state index in [0.717, 1.165) is 5.56 Å². The van der Waals surface area contributed by atoms with Crippen LogP contribution in [0.15, 0.2) is 48.5 Å². The number of ether oxygens (including phenoxy) is 1. The summed E-state index contributed by atoms with van der Waals surface area (Å²) < 4.78 is 28.7. The molecule has 0 aliphatic heterocycles. The summed E-state index contributed by atoms with van der Waals surface area (Å²) in [6.07, 6.45) is 0. The largest absolute Gasteiger partial charge is 0.435 e. The summed E-state index contributed by atoms with van der Waals surface area (Å²) in [5, 5.41) is 0.577. The van der Waals surface area contributed by atoms with Crippen molar-refractivity contribution in [3.8, 4) is 5.75 Å². The molecule has 0 heterocycles. The van der Waals surface area contributed by atoms with Gasteiger partial charge in [-0.25, -0.2) is 0 Å². The maximum absolute atomic E-state index is 12.2. The summed E-state index contributed by atoms with van der Waals surface area (Å²) in [4.78, 5) is 0. The Kier molecular flexibility index (Phi) is 4.35. The van der Waals surface area contributed by atoms with Gasteiger partial charge in [0.1, 0.15) is 5.75 Å². The standard InChI is InChI=1S/C14H12ClF2NO/c15-11-5-1-3-9(7-11)13(18)10-4-2-6-12(8-10)19-14(16)17/h1-8,13-14H,18H2. The van der Waals surface area contributed by atoms with Gasteiger partial charge in [-0.3, -0.25) is 0 Å². The van der Waals surface area contributed by atoms with Gasteiger partial charge in [-0.15, -0.1) is 0 Å². The average Bonchev–Trinajstić information content (AvgIpc) is 2.37. The number of alkyl halides is 2. The van der Waals surface area contributed by atoms with Gasteiger partial charge in [0.25, 0.3) is 0 Å². The van der Waals surface area contributed by atoms with Gasteiger partial charge in [-0.1, -0.05) is 35.9 Å². The molecule has 5 heteroatoms. The zero-order chi connectivity index (χ0) is 13.8. The van der Waals surface area contributed by atoms with Gasteiger partial charge in [0.15, 0.2) is 0 Å². The van der Waals surface area contributed by atoms with Crippen molar-refractivity contribution in [1.82, 2.24) is 0 Å². The number of rotatable bonds is 4. The zero-order valence-electron chi connectivity index (χ0n) is 9.89. The Hall–Kier alpha value is -1.65. The van der Waals surface area contributed by atoms with Crippen molar-refractivity contribution in [3.05, 3.63) is 64.7 Å². The van der Waals surface area contributed by atoms with Gasteiger partial charge < -0.3 is 10.5 Å². The van der Waals surface area contributed by atoms with E-state index in [1.165, 1.54) is 12.1 Å². The highest BCUT2D eigenvalue weighted by molar-refractivity contribution is 6.30. The van der Waals surface area contributed by atoms with Gasteiger partial charge in [0.2, 0.25) is 0 Å². The lowest BCUT2D eigenvalue weighted by atomic mass is 9.99. The van der Waals surface area contributed by atoms with E-state index in [0.29, 0.717) is 10.6 Å². The number of halogens is 3. The molecule has 0 aliphatic rings. The van der Waals surface area contributed by atoms with E-state index in [9.17, 15) is 8.78 Å². The molecule has 0 aliphatic carbocycles. The maximum Gasteiger partial charge on any atom is 0.387 e. The average molecular weight is 284 g/mol. The summed E-state index contributed by atoms with van der Waals surface area (Å²) in [5.74, 6) is 0.0879. The van der Waals surface area contributed by atoms with Crippen LogP contribution in [0, 0.1) is 0 Å². The first-order valence-corrected chi connectivity index (χ1v) is 6.00. The van der Waals surface area contributed by atoms with Crippen molar-refractivity contribution in [2.24, 2.45) is 5.73 Å². The molecule has 1 unspecified atom stereocenters. The molecule has 2 aromatic carbocycles. The van der Waals surface area contributed by atoms with Crippen LogP contribution in [-0.2, 0) is 0 Å². The van der Waals surface area contributed by atoms with E-state index < -0.39 is 12.7 Å². The smallest absolute Gasteiger partial charge is 0.387 e. The van der Waals surface area contributed by atoms with Crippen molar-refractivity contribution in [3.63, 3.8) is 0 Å². The maximum atomic E-state index is 12.2. The third kappa shape index (κ3) is 3.66. The van der Waals surface area contributed by atoms with Gasteiger partial charge >= 0.3 is 6.61 Å². The molecule has 2 N–H and O–H groups in total. The van der Waals surface area contributed by atoms with E-state index >= 15 is 0 Å². The first kappa shape index (κ1) is 13.8. The first-order valence-electron chi connectivity index (χ1n) is 5.62. The van der Waals surface area contributed by atoms with Crippen LogP contribution in [0.2, 0.25) is 5.02 Å². The van der Waals surface area contributed by atoms with E-state index in [2.05, 4.69) is 4.74 Å². The van der Waals surface area contributed by atoms with Crippen LogP contribution in [0.25, 0.3) is 0 Å². The van der Waals surface area contributed by atoms with E-state index in [4.69, 9.17) is 17.3 Å². The van der Waals surface area contributed by atoms with Crippen LogP contribution in [0.4, 0.5) is 8.78 Å². The Balaban J connectivity index is 2.26. The van der Waals surface area contributed by atoms with Gasteiger partial charge in [0.05, 0.1) is 6.04 Å². The Morgan fingerprint density at radius 2 is 1.63 bits per heavy atom. The monoisotopic (exact) mass is 283 g/mol. The second kappa shape index (κ2) is 5.99. The predicted molar refractivity (Wildman–Crippen MR) is 70.6 cm³/mol. The summed E-state index contributed by atoms with van der Waals surface area (Å²) in [5.41, 5.74) is 7.57. The topological polar surface area (TPSA) is 35.2 Å². The van der Waals surface area contributed by atoms with Crippen molar-refractivity contribution in [1.29, 1.82) is 0 Å². The molecule has 0 spiro atoms. The minimum atomic E-state index is -2.85. The minimum absolute atomic E-state index is 0.0879. The van der Waals surface area contributed by atoms with E-state index in [1.807, 2.05) is 6.07 Å². The Bertz CT molecular complexity index is 563. The number of hydrogen-bond donors (Lipinski definition) is 1. The zero-order valence-corrected chi connectivity index (χ0v) is 10.6. The molecule has 0 fully saturated rings. The lowest BCUT2D eigenvalue weighted by molar-refractivity contribution is -0.0498. The van der Waals surface area contributed by atoms with Gasteiger partial charge in [-0.2, -0.15) is 8.78 Å². The van der Waals surface area contributed by atoms with Crippen molar-refractivity contribution >= 4 is 11.6 Å². The van der Waals surface area contributed by atoms with E-state index in [-0.39, 0.29) is 5.75 Å². The summed E-state index contributed by atoms with van der Waals surface area (Å²) in [7, 11) is 0. The van der Waals surface area contributed by atoms with Crippen LogP contribution in [0.1, 0.15) is 17.2 Å². The molecule has 2 nitrogen and oxygen atoms in total. The fourth-order valence-electron chi connectivity index (χ4n) is 1.78. The third-order valence-corrected chi connectivity index (χ3v) is 2.89. The fourth-order valence-corrected chi connectivity index (χ4v) is 1.98. The van der Waals surface area contributed by atoms with Crippen molar-refractivity contribution < 1.29 is 13.5 Å². The van der Waals surface area contributed by atoms with Gasteiger partial charge in [0, 0.05) is 5.02 Å². The Labute approximate surface area is 114 Å². The van der Waals surface area contributed by atoms with Crippen LogP contribution in [0.5, 0.6) is 5.75 Å². The van der Waals surface area contributed by atoms with Gasteiger partial charge in [-0.05, 0) is 35.4 Å². The molecule has 0 amide bonds. The SMILES string of the molecule is NC(c1cccc(Cl)c1)c1cccc(OC(F)F)c1. The molecule has 2 rings (SSSR count). The summed E-state index contributed by atoms with van der Waals surface area (Å²) in [6, 6.07) is 13.0. The molecule has 0 radical (unpaired) electrons. The fraction of sp³-hybridized carbons (Fsp3) is 0.143. The number of benzene rings is 2. The molecule has 0 aromatic heterocycles. The number of hydrogen-bond acceptors (Lipinski definition) is 2. The third-order valence-electron chi connectivity index (χ3n) is 2.65. The van der Waals surface area contributed by atoms with Crippen LogP contribution in [0.3, 0.4) is 0 Å². The molecule has 2 aromatic rings. The van der Waals surface area contributed by atoms with E-state index in [1.54, 1.807) is 30.3 Å². The molecule has 0 bridgehead atoms. The molecule has 0 saturated heterocycles. The van der Waals surface area contributed by atoms with Crippen LogP contribution in [-0.4, -0.2) is 6.61 Å². The quantitative estimate of drug-likeness (QED) is 0.921. The second-order valence-corrected chi connectivity index (χ2v) is 4.42. The predicted octanol–water partition coefficient (Wildman–Crippen LogP) is 3.99. The molecular formula is C14H12ClF2NO. The highest BCUT2D eigenvalue weighted by Gasteiger charge is 2.11. The van der Waals surface area contributed by atoms with Crippen LogP contribution < -0.4 is 10.5 Å². The van der Waals surface area contributed by atoms with Crippen LogP contribution >= 0.6 is 11.6 Å². The lowest BCUT2D eigenvalue weighted by Crippen LogP contribution is -2.12. The highest BCUT2D eigenvalue weighted by atomic mass is 35.5. The molecule has 0 saturated carbocycles. The van der Waals surface area contributed by atoms with Crippen molar-refractivity contribution in [2.45, 2.75) is 12.7 Å². The molecule has 1 atom stereocenters. The van der Waals surface area contributed by atoms with Crippen molar-refractivity contribution in [2.75, 3.05) is 0 Å². The minimum Gasteiger partial charge on any atom is -0.435 e. The molecular weight excluding hydrogens is 272 g/mol. The highest BCUT2D eigenvalue weighted by Crippen LogP contribution is 2.25. The molecule has 100 valence electrons. The molecule has 19 heavy (non-hydrogen) atoms. The normalized spacial score (nSPS) is 12.5. The Morgan fingerprint density at radius 3 is 2.26 bits per heavy atom.